The first-order valence-electron chi connectivity index (χ1n) is 6.57. The van der Waals surface area contributed by atoms with E-state index in [1.807, 2.05) is 0 Å². The molecule has 0 aliphatic heterocycles. The summed E-state index contributed by atoms with van der Waals surface area (Å²) in [4.78, 5) is 11.7. The monoisotopic (exact) mass is 302 g/mol. The number of ether oxygens (including phenoxy) is 1. The van der Waals surface area contributed by atoms with Crippen LogP contribution >= 0.6 is 12.4 Å². The Kier molecular flexibility index (Phi) is 6.75. The summed E-state index contributed by atoms with van der Waals surface area (Å²) in [5.41, 5.74) is 5.61. The standard InChI is InChI=1S/C14H19FN2O2.ClH/c15-11-3-5-12(6-4-11)19-8-7-14(18)17-13(9-16)10-1-2-10;/h3-6,10,13H,1-2,7-9,16H2,(H,17,18);1H. The maximum absolute atomic E-state index is 12.7. The van der Waals surface area contributed by atoms with Gasteiger partial charge in [0.1, 0.15) is 11.6 Å². The number of carbonyl (C=O) groups excluding carboxylic acids is 1. The predicted octanol–water partition coefficient (Wildman–Crippen LogP) is 1.87. The van der Waals surface area contributed by atoms with Gasteiger partial charge in [0.05, 0.1) is 13.0 Å². The Morgan fingerprint density at radius 3 is 2.60 bits per heavy atom. The third-order valence-electron chi connectivity index (χ3n) is 3.20. The van der Waals surface area contributed by atoms with Crippen LogP contribution < -0.4 is 15.8 Å². The summed E-state index contributed by atoms with van der Waals surface area (Å²) in [5, 5.41) is 2.92. The normalized spacial score (nSPS) is 15.1. The van der Waals surface area contributed by atoms with E-state index in [2.05, 4.69) is 5.32 Å². The Bertz CT molecular complexity index is 424. The number of nitrogens with one attached hydrogen (secondary N) is 1. The summed E-state index contributed by atoms with van der Waals surface area (Å²) in [5.74, 6) is 0.753. The lowest BCUT2D eigenvalue weighted by Crippen LogP contribution is -2.42. The van der Waals surface area contributed by atoms with E-state index >= 15 is 0 Å². The molecular formula is C14H20ClFN2O2. The molecule has 4 nitrogen and oxygen atoms in total. The van der Waals surface area contributed by atoms with Gasteiger partial charge in [-0.25, -0.2) is 4.39 Å². The van der Waals surface area contributed by atoms with Gasteiger partial charge in [0.25, 0.3) is 0 Å². The van der Waals surface area contributed by atoms with Gasteiger partial charge in [-0.15, -0.1) is 12.4 Å². The molecule has 3 N–H and O–H groups in total. The Morgan fingerprint density at radius 2 is 2.05 bits per heavy atom. The van der Waals surface area contributed by atoms with Crippen molar-refractivity contribution >= 4 is 18.3 Å². The number of amides is 1. The molecule has 1 aliphatic carbocycles. The van der Waals surface area contributed by atoms with Gasteiger partial charge in [-0.1, -0.05) is 0 Å². The number of nitrogens with two attached hydrogens (primary N) is 1. The average molecular weight is 303 g/mol. The molecule has 1 fully saturated rings. The first-order chi connectivity index (χ1) is 9.19. The molecule has 1 aromatic carbocycles. The van der Waals surface area contributed by atoms with Gasteiger partial charge < -0.3 is 15.8 Å². The highest BCUT2D eigenvalue weighted by Crippen LogP contribution is 2.32. The topological polar surface area (TPSA) is 64.3 Å². The molecule has 112 valence electrons. The molecule has 1 atom stereocenters. The van der Waals surface area contributed by atoms with Crippen LogP contribution in [0.25, 0.3) is 0 Å². The highest BCUT2D eigenvalue weighted by atomic mass is 35.5. The SMILES string of the molecule is Cl.NCC(NC(=O)CCOc1ccc(F)cc1)C1CC1. The molecule has 0 radical (unpaired) electrons. The van der Waals surface area contributed by atoms with Crippen LogP contribution in [0.3, 0.4) is 0 Å². The van der Waals surface area contributed by atoms with Crippen molar-refractivity contribution in [3.63, 3.8) is 0 Å². The number of halogens is 2. The molecule has 1 saturated carbocycles. The summed E-state index contributed by atoms with van der Waals surface area (Å²) in [7, 11) is 0. The van der Waals surface area contributed by atoms with Crippen molar-refractivity contribution in [2.24, 2.45) is 11.7 Å². The lowest BCUT2D eigenvalue weighted by atomic mass is 10.2. The largest absolute Gasteiger partial charge is 0.493 e. The first kappa shape index (κ1) is 16.7. The van der Waals surface area contributed by atoms with Gasteiger partial charge in [0.15, 0.2) is 0 Å². The van der Waals surface area contributed by atoms with Crippen LogP contribution in [-0.4, -0.2) is 25.1 Å². The fourth-order valence-corrected chi connectivity index (χ4v) is 1.94. The summed E-state index contributed by atoms with van der Waals surface area (Å²) in [6.07, 6.45) is 2.57. The third-order valence-corrected chi connectivity index (χ3v) is 3.20. The van der Waals surface area contributed by atoms with Crippen LogP contribution in [0.4, 0.5) is 4.39 Å². The minimum atomic E-state index is -0.305. The summed E-state index contributed by atoms with van der Waals surface area (Å²) < 4.78 is 18.0. The molecular weight excluding hydrogens is 283 g/mol. The second-order valence-corrected chi connectivity index (χ2v) is 4.80. The number of rotatable bonds is 7. The molecule has 1 amide bonds. The second kappa shape index (κ2) is 8.07. The number of hydrogen-bond donors (Lipinski definition) is 2. The van der Waals surface area contributed by atoms with E-state index in [-0.39, 0.29) is 43.2 Å². The summed E-state index contributed by atoms with van der Waals surface area (Å²) >= 11 is 0. The van der Waals surface area contributed by atoms with E-state index < -0.39 is 0 Å². The molecule has 20 heavy (non-hydrogen) atoms. The van der Waals surface area contributed by atoms with Crippen molar-refractivity contribution in [2.75, 3.05) is 13.2 Å². The maximum Gasteiger partial charge on any atom is 0.223 e. The predicted molar refractivity (Wildman–Crippen MR) is 77.5 cm³/mol. The third kappa shape index (κ3) is 5.35. The van der Waals surface area contributed by atoms with Crippen molar-refractivity contribution in [1.82, 2.24) is 5.32 Å². The molecule has 0 spiro atoms. The molecule has 1 aromatic rings. The molecule has 0 heterocycles. The maximum atomic E-state index is 12.7. The lowest BCUT2D eigenvalue weighted by Gasteiger charge is -2.16. The molecule has 0 bridgehead atoms. The summed E-state index contributed by atoms with van der Waals surface area (Å²) in [6.45, 7) is 0.759. The number of benzene rings is 1. The van der Waals surface area contributed by atoms with Gasteiger partial charge in [0.2, 0.25) is 5.91 Å². The average Bonchev–Trinajstić information content (AvgIpc) is 3.23. The van der Waals surface area contributed by atoms with Crippen LogP contribution in [0, 0.1) is 11.7 Å². The highest BCUT2D eigenvalue weighted by Gasteiger charge is 2.30. The zero-order valence-corrected chi connectivity index (χ0v) is 12.0. The minimum Gasteiger partial charge on any atom is -0.493 e. The number of carbonyl (C=O) groups is 1. The zero-order valence-electron chi connectivity index (χ0n) is 11.2. The van der Waals surface area contributed by atoms with Crippen molar-refractivity contribution in [3.8, 4) is 5.75 Å². The smallest absolute Gasteiger partial charge is 0.223 e. The van der Waals surface area contributed by atoms with Crippen molar-refractivity contribution < 1.29 is 13.9 Å². The molecule has 1 unspecified atom stereocenters. The molecule has 2 rings (SSSR count). The highest BCUT2D eigenvalue weighted by molar-refractivity contribution is 5.85. The van der Waals surface area contributed by atoms with Crippen LogP contribution in [-0.2, 0) is 4.79 Å². The van der Waals surface area contributed by atoms with Gasteiger partial charge >= 0.3 is 0 Å². The van der Waals surface area contributed by atoms with Gasteiger partial charge in [0, 0.05) is 12.6 Å². The van der Waals surface area contributed by atoms with Crippen LogP contribution in [0.5, 0.6) is 5.75 Å². The van der Waals surface area contributed by atoms with E-state index in [0.717, 1.165) is 12.8 Å². The summed E-state index contributed by atoms with van der Waals surface area (Å²) in [6, 6.07) is 5.83. The van der Waals surface area contributed by atoms with Crippen molar-refractivity contribution in [2.45, 2.75) is 25.3 Å². The first-order valence-corrected chi connectivity index (χ1v) is 6.57. The van der Waals surface area contributed by atoms with E-state index in [1.165, 1.54) is 12.1 Å². The van der Waals surface area contributed by atoms with E-state index in [0.29, 0.717) is 18.2 Å². The Balaban J connectivity index is 0.00000200. The molecule has 1 aliphatic rings. The van der Waals surface area contributed by atoms with Gasteiger partial charge in [-0.3, -0.25) is 4.79 Å². The van der Waals surface area contributed by atoms with Crippen molar-refractivity contribution in [3.05, 3.63) is 30.1 Å². The quantitative estimate of drug-likeness (QED) is 0.808. The van der Waals surface area contributed by atoms with Crippen LogP contribution in [0.15, 0.2) is 24.3 Å². The van der Waals surface area contributed by atoms with E-state index in [4.69, 9.17) is 10.5 Å². The fraction of sp³-hybridized carbons (Fsp3) is 0.500. The fourth-order valence-electron chi connectivity index (χ4n) is 1.94. The van der Waals surface area contributed by atoms with Crippen LogP contribution in [0.1, 0.15) is 19.3 Å². The molecule has 0 aromatic heterocycles. The van der Waals surface area contributed by atoms with E-state index in [1.54, 1.807) is 12.1 Å². The Hall–Kier alpha value is -1.33. The minimum absolute atomic E-state index is 0. The van der Waals surface area contributed by atoms with E-state index in [9.17, 15) is 9.18 Å². The molecule has 0 saturated heterocycles. The zero-order chi connectivity index (χ0) is 13.7. The Labute approximate surface area is 124 Å². The van der Waals surface area contributed by atoms with Gasteiger partial charge in [-0.05, 0) is 43.0 Å². The number of hydrogen-bond acceptors (Lipinski definition) is 3. The second-order valence-electron chi connectivity index (χ2n) is 4.80. The lowest BCUT2D eigenvalue weighted by molar-refractivity contribution is -0.122. The van der Waals surface area contributed by atoms with Gasteiger partial charge in [-0.2, -0.15) is 0 Å². The van der Waals surface area contributed by atoms with Crippen LogP contribution in [0.2, 0.25) is 0 Å². The Morgan fingerprint density at radius 1 is 1.40 bits per heavy atom. The van der Waals surface area contributed by atoms with Crippen molar-refractivity contribution in [1.29, 1.82) is 0 Å². The molecule has 6 heteroatoms.